The van der Waals surface area contributed by atoms with Gasteiger partial charge in [-0.2, -0.15) is 0 Å². The first-order valence-electron chi connectivity index (χ1n) is 8.42. The molecule has 0 aliphatic heterocycles. The number of amides is 2. The molecule has 28 heavy (non-hydrogen) atoms. The summed E-state index contributed by atoms with van der Waals surface area (Å²) < 4.78 is 1.77. The molecule has 2 aromatic rings. The zero-order valence-electron chi connectivity index (χ0n) is 16.1. The Balaban J connectivity index is 0.00000364. The molecule has 0 aromatic heterocycles. The van der Waals surface area contributed by atoms with Gasteiger partial charge >= 0.3 is 11.8 Å². The molecule has 4 nitrogen and oxygen atoms in total. The number of rotatable bonds is 3. The molecule has 0 spiro atoms. The van der Waals surface area contributed by atoms with E-state index in [4.69, 9.17) is 11.8 Å². The smallest absolute Gasteiger partial charge is 0.370 e. The van der Waals surface area contributed by atoms with Gasteiger partial charge < -0.3 is 12.4 Å². The van der Waals surface area contributed by atoms with Crippen LogP contribution in [-0.2, 0) is 6.42 Å². The van der Waals surface area contributed by atoms with Crippen LogP contribution in [0.4, 0.5) is 0 Å². The van der Waals surface area contributed by atoms with Gasteiger partial charge in [-0.05, 0) is 79.6 Å². The molecule has 0 aliphatic carbocycles. The second-order valence-electron chi connectivity index (χ2n) is 7.04. The molecule has 0 saturated heterocycles. The highest BCUT2D eigenvalue weighted by Crippen LogP contribution is 2.15. The Morgan fingerprint density at radius 2 is 1.61 bits per heavy atom. The summed E-state index contributed by atoms with van der Waals surface area (Å²) in [5.74, 6) is -0.644. The molecule has 0 heterocycles. The van der Waals surface area contributed by atoms with Gasteiger partial charge in [-0.3, -0.25) is 4.79 Å². The summed E-state index contributed by atoms with van der Waals surface area (Å²) in [7, 11) is 0. The van der Waals surface area contributed by atoms with Crippen molar-refractivity contribution in [1.82, 2.24) is 4.53 Å². The van der Waals surface area contributed by atoms with Gasteiger partial charge in [0, 0.05) is 3.57 Å². The summed E-state index contributed by atoms with van der Waals surface area (Å²) in [4.78, 5) is 26.0. The number of hydrogen-bond acceptors (Lipinski definition) is 2. The Labute approximate surface area is 197 Å². The van der Waals surface area contributed by atoms with E-state index in [0.29, 0.717) is 11.1 Å². The van der Waals surface area contributed by atoms with Crippen molar-refractivity contribution in [1.29, 1.82) is 0 Å². The highest BCUT2D eigenvalue weighted by atomic mass is 127. The van der Waals surface area contributed by atoms with E-state index in [2.05, 4.69) is 29.5 Å². The fourth-order valence-electron chi connectivity index (χ4n) is 2.59. The van der Waals surface area contributed by atoms with E-state index in [0.717, 1.165) is 20.1 Å². The van der Waals surface area contributed by atoms with Gasteiger partial charge in [-0.1, -0.05) is 35.7 Å². The number of carbonyl (C=O) groups excluding carboxylic acids is 2. The molecule has 2 amide bonds. The summed E-state index contributed by atoms with van der Waals surface area (Å²) in [6.45, 7) is 7.68. The number of quaternary nitrogens is 1. The van der Waals surface area contributed by atoms with Crippen LogP contribution in [0, 0.1) is 3.57 Å². The normalized spacial score (nSPS) is 11.6. The van der Waals surface area contributed by atoms with Gasteiger partial charge in [-0.15, -0.1) is 17.4 Å². The number of carbonyl (C=O) groups is 2. The third-order valence-electron chi connectivity index (χ3n) is 4.03. The van der Waals surface area contributed by atoms with Crippen molar-refractivity contribution in [2.24, 2.45) is 0 Å². The van der Waals surface area contributed by atoms with Gasteiger partial charge in [-0.25, -0.2) is 4.79 Å². The standard InChI is InChI=1S/C20H22ClIN2O2.2ClH/c1-5-14-10-12-15(13-11-14)18(25)23(20(2,3)4)24(21)19(26)16-8-6-7-9-17(16)22;;/h6-13H,5H2,1-4H3;2*1H. The zero-order valence-corrected chi connectivity index (χ0v) is 20.6. The Morgan fingerprint density at radius 1 is 1.07 bits per heavy atom. The number of nitrogens with zero attached hydrogens (tertiary/aromatic N) is 1. The third-order valence-corrected chi connectivity index (χ3v) is 5.29. The van der Waals surface area contributed by atoms with Crippen LogP contribution >= 0.6 is 46.8 Å². The maximum absolute atomic E-state index is 13.1. The van der Waals surface area contributed by atoms with Crippen LogP contribution in [0.5, 0.6) is 0 Å². The Kier molecular flexibility index (Phi) is 11.0. The van der Waals surface area contributed by atoms with Gasteiger partial charge in [0.2, 0.25) is 0 Å². The van der Waals surface area contributed by atoms with Crippen molar-refractivity contribution in [3.63, 3.8) is 0 Å². The van der Waals surface area contributed by atoms with Gasteiger partial charge in [0.25, 0.3) is 0 Å². The largest absolute Gasteiger partial charge is 1.00 e. The predicted octanol–water partition coefficient (Wildman–Crippen LogP) is 1.31. The molecule has 2 rings (SSSR count). The minimum absolute atomic E-state index is 0. The minimum Gasteiger partial charge on any atom is -1.00 e. The molecule has 0 bridgehead atoms. The van der Waals surface area contributed by atoms with Gasteiger partial charge in [0.05, 0.1) is 22.9 Å². The first-order valence-corrected chi connectivity index (χ1v) is 9.84. The topological polar surface area (TPSA) is 41.8 Å². The van der Waals surface area contributed by atoms with Crippen molar-refractivity contribution in [3.05, 3.63) is 68.8 Å². The van der Waals surface area contributed by atoms with E-state index in [1.54, 1.807) is 24.3 Å². The van der Waals surface area contributed by atoms with E-state index in [-0.39, 0.29) is 35.7 Å². The Bertz CT molecular complexity index is 808. The fraction of sp³-hybridized carbons (Fsp3) is 0.300. The lowest BCUT2D eigenvalue weighted by Crippen LogP contribution is -3.25. The van der Waals surface area contributed by atoms with Crippen molar-refractivity contribution in [2.45, 2.75) is 39.7 Å². The predicted molar refractivity (Wildman–Crippen MR) is 119 cm³/mol. The molecule has 0 radical (unpaired) electrons. The summed E-state index contributed by atoms with van der Waals surface area (Å²) in [5, 5.41) is 0.257. The van der Waals surface area contributed by atoms with Crippen molar-refractivity contribution < 1.29 is 27.0 Å². The summed E-state index contributed by atoms with van der Waals surface area (Å²) in [6.07, 6.45) is 0.900. The maximum atomic E-state index is 13.1. The molecule has 0 aliphatic rings. The van der Waals surface area contributed by atoms with E-state index in [1.165, 1.54) is 0 Å². The lowest BCUT2D eigenvalue weighted by molar-refractivity contribution is -0.951. The first kappa shape index (κ1) is 27.1. The third kappa shape index (κ3) is 6.32. The molecule has 0 saturated carbocycles. The number of halogens is 4. The first-order chi connectivity index (χ1) is 12.2. The van der Waals surface area contributed by atoms with Crippen LogP contribution in [-0.4, -0.2) is 21.9 Å². The molecule has 1 N–H and O–H groups in total. The van der Waals surface area contributed by atoms with Crippen molar-refractivity contribution in [2.75, 3.05) is 0 Å². The minimum atomic E-state index is -0.599. The molecule has 154 valence electrons. The molecule has 8 heteroatoms. The summed E-state index contributed by atoms with van der Waals surface area (Å²) in [6, 6.07) is 14.6. The summed E-state index contributed by atoms with van der Waals surface area (Å²) >= 11 is 8.50. The highest BCUT2D eigenvalue weighted by molar-refractivity contribution is 14.1. The number of benzene rings is 2. The lowest BCUT2D eigenvalue weighted by atomic mass is 10.0. The second kappa shape index (κ2) is 11.4. The highest BCUT2D eigenvalue weighted by Gasteiger charge is 2.41. The maximum Gasteiger partial charge on any atom is 0.370 e. The van der Waals surface area contributed by atoms with Crippen LogP contribution < -0.4 is 17.4 Å². The lowest BCUT2D eigenvalue weighted by Gasteiger charge is -2.33. The van der Waals surface area contributed by atoms with Crippen LogP contribution in [0.1, 0.15) is 54.0 Å². The van der Waals surface area contributed by atoms with E-state index < -0.39 is 11.4 Å². The monoisotopic (exact) mass is 556 g/mol. The van der Waals surface area contributed by atoms with Crippen molar-refractivity contribution in [3.8, 4) is 0 Å². The Morgan fingerprint density at radius 3 is 2.07 bits per heavy atom. The number of aryl methyl sites for hydroxylation is 1. The molecule has 1 unspecified atom stereocenters. The van der Waals surface area contributed by atoms with E-state index in [1.807, 2.05) is 45.0 Å². The van der Waals surface area contributed by atoms with Crippen LogP contribution in [0.15, 0.2) is 48.5 Å². The molecular weight excluding hydrogens is 533 g/mol. The van der Waals surface area contributed by atoms with E-state index >= 15 is 0 Å². The van der Waals surface area contributed by atoms with Gasteiger partial charge in [0.1, 0.15) is 5.54 Å². The van der Waals surface area contributed by atoms with Gasteiger partial charge in [0.15, 0.2) is 0 Å². The summed E-state index contributed by atoms with van der Waals surface area (Å²) in [5.41, 5.74) is 1.54. The zero-order chi connectivity index (χ0) is 19.5. The van der Waals surface area contributed by atoms with Crippen LogP contribution in [0.3, 0.4) is 0 Å². The second-order valence-corrected chi connectivity index (χ2v) is 8.54. The van der Waals surface area contributed by atoms with Crippen LogP contribution in [0.2, 0.25) is 0 Å². The number of hydrogen-bond donors (Lipinski definition) is 1. The van der Waals surface area contributed by atoms with Crippen LogP contribution in [0.25, 0.3) is 0 Å². The average molecular weight is 558 g/mol. The van der Waals surface area contributed by atoms with Crippen molar-refractivity contribution >= 4 is 58.6 Å². The quantitative estimate of drug-likeness (QED) is 0.352. The molecular formula is C20H24Cl3IN2O2. The fourth-order valence-corrected chi connectivity index (χ4v) is 3.63. The number of nitrogens with one attached hydrogen (secondary N) is 1. The molecule has 1 atom stereocenters. The van der Waals surface area contributed by atoms with E-state index in [9.17, 15) is 9.59 Å². The molecule has 0 fully saturated rings. The average Bonchev–Trinajstić information content (AvgIpc) is 2.60. The molecule has 2 aromatic carbocycles. The SMILES string of the molecule is CCc1ccc(C(=O)[NH+](N(Cl)C(=O)c2ccccc2I)C(C)(C)C)cc1.Cl.[Cl-]. The Hall–Kier alpha value is -0.860.